The van der Waals surface area contributed by atoms with Gasteiger partial charge in [0.25, 0.3) is 0 Å². The molecule has 3 aromatic carbocycles. The van der Waals surface area contributed by atoms with Gasteiger partial charge in [-0.1, -0.05) is 36.4 Å². The van der Waals surface area contributed by atoms with Gasteiger partial charge >= 0.3 is 0 Å². The maximum absolute atomic E-state index is 13.5. The summed E-state index contributed by atoms with van der Waals surface area (Å²) in [5, 5.41) is 0.578. The average molecular weight is 433 g/mol. The number of rotatable bonds is 5. The summed E-state index contributed by atoms with van der Waals surface area (Å²) in [6.45, 7) is 13.4. The van der Waals surface area contributed by atoms with E-state index in [1.165, 1.54) is 0 Å². The van der Waals surface area contributed by atoms with E-state index < -0.39 is 7.80 Å². The number of carbonyl (C=O) groups excluding carboxylic acids is 2. The number of carbonyl (C=O) groups is 2. The fraction of sp³-hybridized carbons (Fsp3) is 0.259. The zero-order chi connectivity index (χ0) is 23.0. The van der Waals surface area contributed by atoms with Crippen molar-refractivity contribution in [3.8, 4) is 0 Å². The normalized spacial score (nSPS) is 12.0. The van der Waals surface area contributed by atoms with E-state index in [9.17, 15) is 14.2 Å². The Morgan fingerprint density at radius 2 is 1.29 bits per heavy atom. The molecule has 3 nitrogen and oxygen atoms in total. The summed E-state index contributed by atoms with van der Waals surface area (Å²) in [4.78, 5) is 26.4. The Morgan fingerprint density at radius 1 is 0.677 bits per heavy atom. The van der Waals surface area contributed by atoms with E-state index in [1.54, 1.807) is 18.2 Å². The lowest BCUT2D eigenvalue weighted by atomic mass is 9.94. The van der Waals surface area contributed by atoms with Crippen LogP contribution in [0.5, 0.6) is 0 Å². The minimum atomic E-state index is -2.76. The molecule has 0 saturated heterocycles. The monoisotopic (exact) mass is 432 g/mol. The molecular weight excluding hydrogens is 403 g/mol. The largest absolute Gasteiger partial charge is 0.313 e. The van der Waals surface area contributed by atoms with Crippen LogP contribution in [0.4, 0.5) is 0 Å². The fourth-order valence-electron chi connectivity index (χ4n) is 4.27. The third-order valence-electron chi connectivity index (χ3n) is 6.39. The molecule has 4 heteroatoms. The van der Waals surface area contributed by atoms with E-state index in [-0.39, 0.29) is 11.3 Å². The summed E-state index contributed by atoms with van der Waals surface area (Å²) in [7, 11) is -2.76. The number of hydrogen-bond acceptors (Lipinski definition) is 3. The zero-order valence-electron chi connectivity index (χ0n) is 19.3. The molecule has 0 N–H and O–H groups in total. The summed E-state index contributed by atoms with van der Waals surface area (Å²) < 4.78 is 13.5. The molecule has 3 rings (SSSR count). The van der Waals surface area contributed by atoms with Gasteiger partial charge in [0, 0.05) is 22.0 Å². The molecule has 0 fully saturated rings. The van der Waals surface area contributed by atoms with Crippen LogP contribution in [0.2, 0.25) is 0 Å². The van der Waals surface area contributed by atoms with E-state index in [4.69, 9.17) is 0 Å². The van der Waals surface area contributed by atoms with Gasteiger partial charge in [0.1, 0.15) is 0 Å². The van der Waals surface area contributed by atoms with Gasteiger partial charge in [-0.15, -0.1) is 0 Å². The smallest absolute Gasteiger partial charge is 0.223 e. The minimum absolute atomic E-state index is 0.0669. The summed E-state index contributed by atoms with van der Waals surface area (Å²) in [5.74, 6) is -0.0669. The molecule has 0 heterocycles. The molecule has 0 radical (unpaired) electrons. The van der Waals surface area contributed by atoms with E-state index in [1.807, 2.05) is 72.7 Å². The molecule has 0 spiro atoms. The van der Waals surface area contributed by atoms with Gasteiger partial charge in [-0.25, -0.2) is 0 Å². The van der Waals surface area contributed by atoms with E-state index in [0.29, 0.717) is 22.0 Å². The van der Waals surface area contributed by atoms with Crippen molar-refractivity contribution in [1.29, 1.82) is 0 Å². The Bertz CT molecular complexity index is 1240. The van der Waals surface area contributed by atoms with Crippen LogP contribution in [0.3, 0.4) is 0 Å². The van der Waals surface area contributed by atoms with Crippen LogP contribution in [0.15, 0.2) is 42.5 Å². The molecule has 1 unspecified atom stereocenters. The predicted molar refractivity (Wildman–Crippen MR) is 129 cm³/mol. The Balaban J connectivity index is 2.10. The second-order valence-corrected chi connectivity index (χ2v) is 9.97. The molecule has 0 aromatic heterocycles. The topological polar surface area (TPSA) is 51.2 Å². The number of benzene rings is 3. The molecule has 31 heavy (non-hydrogen) atoms. The van der Waals surface area contributed by atoms with Gasteiger partial charge in [0.05, 0.1) is 0 Å². The van der Waals surface area contributed by atoms with Crippen molar-refractivity contribution < 1.29 is 14.2 Å². The molecule has 0 aliphatic rings. The SMILES string of the molecule is Cc1cc(C)c(C(=O)[PH](=O)c2c(C)cc(C(=O)c3ccccc3)c(C)c2C)c(C)c1C. The minimum Gasteiger partial charge on any atom is -0.313 e. The summed E-state index contributed by atoms with van der Waals surface area (Å²) >= 11 is 0. The number of aryl methyl sites for hydroxylation is 3. The third-order valence-corrected chi connectivity index (χ3v) is 8.28. The Labute approximate surface area is 185 Å². The van der Waals surface area contributed by atoms with Crippen LogP contribution in [0, 0.1) is 48.5 Å². The lowest BCUT2D eigenvalue weighted by Gasteiger charge is -2.18. The van der Waals surface area contributed by atoms with Gasteiger partial charge in [-0.2, -0.15) is 0 Å². The van der Waals surface area contributed by atoms with Gasteiger partial charge < -0.3 is 4.57 Å². The van der Waals surface area contributed by atoms with Gasteiger partial charge in [-0.05, 0) is 93.5 Å². The average Bonchev–Trinajstić information content (AvgIpc) is 2.74. The Kier molecular flexibility index (Phi) is 6.48. The first kappa shape index (κ1) is 22.9. The summed E-state index contributed by atoms with van der Waals surface area (Å²) in [6.07, 6.45) is 0. The standard InChI is InChI=1S/C27H29O3P/c1-15-13-16(2)24(20(6)18(15)4)27(29)31(30)26-17(3)14-23(19(5)21(26)7)25(28)22-11-9-8-10-12-22/h8-14,31H,1-7H3. The van der Waals surface area contributed by atoms with Crippen molar-refractivity contribution in [2.24, 2.45) is 0 Å². The van der Waals surface area contributed by atoms with Crippen molar-refractivity contribution in [3.63, 3.8) is 0 Å². The van der Waals surface area contributed by atoms with Gasteiger partial charge in [0.15, 0.2) is 13.6 Å². The molecule has 3 aromatic rings. The third kappa shape index (κ3) is 4.07. The van der Waals surface area contributed by atoms with Gasteiger partial charge in [-0.3, -0.25) is 9.59 Å². The molecule has 1 atom stereocenters. The van der Waals surface area contributed by atoms with Crippen molar-refractivity contribution in [3.05, 3.63) is 98.1 Å². The highest BCUT2D eigenvalue weighted by atomic mass is 31.1. The van der Waals surface area contributed by atoms with Crippen molar-refractivity contribution in [1.82, 2.24) is 0 Å². The fourth-order valence-corrected chi connectivity index (χ4v) is 6.07. The zero-order valence-corrected chi connectivity index (χ0v) is 20.3. The molecule has 0 aliphatic carbocycles. The molecular formula is C27H29O3P. The summed E-state index contributed by atoms with van der Waals surface area (Å²) in [5.41, 5.74) is 7.63. The second-order valence-electron chi connectivity index (χ2n) is 8.35. The quantitative estimate of drug-likeness (QED) is 0.361. The first-order valence-corrected chi connectivity index (χ1v) is 11.8. The molecule has 0 saturated carbocycles. The van der Waals surface area contributed by atoms with Gasteiger partial charge in [0.2, 0.25) is 5.52 Å². The van der Waals surface area contributed by atoms with E-state index in [2.05, 4.69) is 0 Å². The lowest BCUT2D eigenvalue weighted by Crippen LogP contribution is -2.18. The van der Waals surface area contributed by atoms with E-state index in [0.717, 1.165) is 38.9 Å². The van der Waals surface area contributed by atoms with Crippen LogP contribution >= 0.6 is 7.80 Å². The van der Waals surface area contributed by atoms with Crippen molar-refractivity contribution in [2.75, 3.05) is 0 Å². The van der Waals surface area contributed by atoms with Crippen LogP contribution in [-0.2, 0) is 4.57 Å². The van der Waals surface area contributed by atoms with Crippen LogP contribution < -0.4 is 5.30 Å². The highest BCUT2D eigenvalue weighted by Crippen LogP contribution is 2.35. The van der Waals surface area contributed by atoms with Crippen LogP contribution in [0.25, 0.3) is 0 Å². The van der Waals surface area contributed by atoms with Crippen molar-refractivity contribution >= 4 is 24.4 Å². The van der Waals surface area contributed by atoms with Crippen LogP contribution in [-0.4, -0.2) is 11.3 Å². The lowest BCUT2D eigenvalue weighted by molar-refractivity contribution is 0.103. The first-order valence-electron chi connectivity index (χ1n) is 10.4. The van der Waals surface area contributed by atoms with Crippen molar-refractivity contribution in [2.45, 2.75) is 48.5 Å². The number of ketones is 1. The highest BCUT2D eigenvalue weighted by Gasteiger charge is 2.26. The maximum atomic E-state index is 13.5. The highest BCUT2D eigenvalue weighted by molar-refractivity contribution is 7.71. The first-order chi connectivity index (χ1) is 14.6. The second kappa shape index (κ2) is 8.77. The maximum Gasteiger partial charge on any atom is 0.223 e. The molecule has 160 valence electrons. The Hall–Kier alpha value is -2.77. The molecule has 0 bridgehead atoms. The molecule has 0 amide bonds. The predicted octanol–water partition coefficient (Wildman–Crippen LogP) is 6.10. The van der Waals surface area contributed by atoms with Crippen LogP contribution in [0.1, 0.15) is 65.2 Å². The summed E-state index contributed by atoms with van der Waals surface area (Å²) in [6, 6.07) is 12.9. The van der Waals surface area contributed by atoms with E-state index >= 15 is 0 Å². The Morgan fingerprint density at radius 3 is 1.90 bits per heavy atom. The molecule has 0 aliphatic heterocycles. The number of hydrogen-bond donors (Lipinski definition) is 0.